The van der Waals surface area contributed by atoms with Crippen LogP contribution in [0.1, 0.15) is 25.7 Å². The molecule has 0 aliphatic heterocycles. The van der Waals surface area contributed by atoms with E-state index in [1.165, 1.54) is 0 Å². The fourth-order valence-corrected chi connectivity index (χ4v) is 1.16. The monoisotopic (exact) mass is 229 g/mol. The number of aliphatic carboxylic acids is 1. The van der Waals surface area contributed by atoms with Crippen LogP contribution in [-0.4, -0.2) is 35.1 Å². The molecule has 1 aliphatic rings. The highest BCUT2D eigenvalue weighted by Crippen LogP contribution is 2.18. The maximum absolute atomic E-state index is 11.3. The van der Waals surface area contributed by atoms with Gasteiger partial charge in [0.25, 0.3) is 0 Å². The van der Waals surface area contributed by atoms with Gasteiger partial charge in [0.1, 0.15) is 6.04 Å². The van der Waals surface area contributed by atoms with Crippen molar-refractivity contribution in [3.63, 3.8) is 0 Å². The molecule has 0 unspecified atom stereocenters. The van der Waals surface area contributed by atoms with Crippen molar-refractivity contribution < 1.29 is 19.5 Å². The Labute approximate surface area is 92.4 Å². The lowest BCUT2D eigenvalue weighted by atomic mass is 10.1. The SMILES string of the molecule is NC(=O)CC[C@@H](NC(=O)NC1CC1)C(=O)O. The van der Waals surface area contributed by atoms with Gasteiger partial charge in [-0.1, -0.05) is 0 Å². The van der Waals surface area contributed by atoms with Gasteiger partial charge in [0.05, 0.1) is 0 Å². The molecule has 0 aromatic rings. The third-order valence-corrected chi connectivity index (χ3v) is 2.20. The number of hydrogen-bond donors (Lipinski definition) is 4. The van der Waals surface area contributed by atoms with Crippen LogP contribution in [0.15, 0.2) is 0 Å². The Morgan fingerprint density at radius 3 is 2.44 bits per heavy atom. The number of carbonyl (C=O) groups excluding carboxylic acids is 2. The Bertz CT molecular complexity index is 301. The minimum absolute atomic E-state index is 0.00273. The molecule has 0 saturated heterocycles. The van der Waals surface area contributed by atoms with Gasteiger partial charge < -0.3 is 21.5 Å². The van der Waals surface area contributed by atoms with Gasteiger partial charge in [-0.25, -0.2) is 9.59 Å². The highest BCUT2D eigenvalue weighted by atomic mass is 16.4. The molecule has 16 heavy (non-hydrogen) atoms. The molecule has 0 aromatic heterocycles. The van der Waals surface area contributed by atoms with Gasteiger partial charge in [0.15, 0.2) is 0 Å². The molecule has 1 rings (SSSR count). The highest BCUT2D eigenvalue weighted by Gasteiger charge is 2.26. The van der Waals surface area contributed by atoms with E-state index in [0.29, 0.717) is 0 Å². The highest BCUT2D eigenvalue weighted by molar-refractivity contribution is 5.83. The molecule has 1 aliphatic carbocycles. The topological polar surface area (TPSA) is 122 Å². The van der Waals surface area contributed by atoms with Gasteiger partial charge in [-0.15, -0.1) is 0 Å². The standard InChI is InChI=1S/C9H15N3O4/c10-7(13)4-3-6(8(14)15)12-9(16)11-5-1-2-5/h5-6H,1-4H2,(H2,10,13)(H,14,15)(H2,11,12,16)/t6-/m1/s1. The summed E-state index contributed by atoms with van der Waals surface area (Å²) in [7, 11) is 0. The van der Waals surface area contributed by atoms with Crippen LogP contribution in [0.5, 0.6) is 0 Å². The zero-order valence-corrected chi connectivity index (χ0v) is 8.73. The van der Waals surface area contributed by atoms with Crippen molar-refractivity contribution in [2.75, 3.05) is 0 Å². The van der Waals surface area contributed by atoms with Crippen molar-refractivity contribution >= 4 is 17.9 Å². The van der Waals surface area contributed by atoms with Crippen molar-refractivity contribution in [3.8, 4) is 0 Å². The summed E-state index contributed by atoms with van der Waals surface area (Å²) in [6.45, 7) is 0. The molecule has 3 amide bonds. The largest absolute Gasteiger partial charge is 0.480 e. The summed E-state index contributed by atoms with van der Waals surface area (Å²) in [5.41, 5.74) is 4.90. The Morgan fingerprint density at radius 2 is 2.00 bits per heavy atom. The molecule has 1 saturated carbocycles. The molecular formula is C9H15N3O4. The van der Waals surface area contributed by atoms with E-state index < -0.39 is 23.9 Å². The first kappa shape index (κ1) is 12.3. The summed E-state index contributed by atoms with van der Waals surface area (Å²) in [5.74, 6) is -1.76. The molecule has 5 N–H and O–H groups in total. The van der Waals surface area contributed by atoms with E-state index in [1.54, 1.807) is 0 Å². The second-order valence-corrected chi connectivity index (χ2v) is 3.79. The minimum atomic E-state index is -1.17. The Hall–Kier alpha value is -1.79. The normalized spacial score (nSPS) is 16.2. The first-order chi connectivity index (χ1) is 7.49. The number of urea groups is 1. The van der Waals surface area contributed by atoms with E-state index in [0.717, 1.165) is 12.8 Å². The van der Waals surface area contributed by atoms with Crippen molar-refractivity contribution in [1.82, 2.24) is 10.6 Å². The predicted octanol–water partition coefficient (Wildman–Crippen LogP) is -0.833. The van der Waals surface area contributed by atoms with Crippen LogP contribution in [-0.2, 0) is 9.59 Å². The van der Waals surface area contributed by atoms with E-state index >= 15 is 0 Å². The summed E-state index contributed by atoms with van der Waals surface area (Å²) in [4.78, 5) is 32.5. The number of nitrogens with one attached hydrogen (secondary N) is 2. The number of carbonyl (C=O) groups is 3. The van der Waals surface area contributed by atoms with E-state index in [2.05, 4.69) is 10.6 Å². The van der Waals surface area contributed by atoms with E-state index in [9.17, 15) is 14.4 Å². The Morgan fingerprint density at radius 1 is 1.38 bits per heavy atom. The number of nitrogens with two attached hydrogens (primary N) is 1. The third kappa shape index (κ3) is 4.63. The van der Waals surface area contributed by atoms with Crippen LogP contribution in [0.2, 0.25) is 0 Å². The molecule has 1 atom stereocenters. The predicted molar refractivity (Wildman–Crippen MR) is 54.5 cm³/mol. The zero-order chi connectivity index (χ0) is 12.1. The van der Waals surface area contributed by atoms with Crippen LogP contribution in [0.4, 0.5) is 4.79 Å². The molecule has 7 nitrogen and oxygen atoms in total. The van der Waals surface area contributed by atoms with Crippen molar-refractivity contribution in [3.05, 3.63) is 0 Å². The number of carboxylic acids is 1. The lowest BCUT2D eigenvalue weighted by Gasteiger charge is -2.14. The molecule has 0 spiro atoms. The van der Waals surface area contributed by atoms with Crippen molar-refractivity contribution in [2.24, 2.45) is 5.73 Å². The molecule has 7 heteroatoms. The lowest BCUT2D eigenvalue weighted by Crippen LogP contribution is -2.46. The van der Waals surface area contributed by atoms with Gasteiger partial charge in [0, 0.05) is 12.5 Å². The summed E-state index contributed by atoms with van der Waals surface area (Å²) >= 11 is 0. The maximum Gasteiger partial charge on any atom is 0.326 e. The summed E-state index contributed by atoms with van der Waals surface area (Å²) in [6.07, 6.45) is 1.78. The van der Waals surface area contributed by atoms with Crippen LogP contribution in [0, 0.1) is 0 Å². The number of amides is 3. The van der Waals surface area contributed by atoms with Gasteiger partial charge >= 0.3 is 12.0 Å². The number of rotatable bonds is 6. The van der Waals surface area contributed by atoms with Gasteiger partial charge in [-0.2, -0.15) is 0 Å². The molecule has 0 aromatic carbocycles. The fraction of sp³-hybridized carbons (Fsp3) is 0.667. The Balaban J connectivity index is 2.33. The second kappa shape index (κ2) is 5.34. The second-order valence-electron chi connectivity index (χ2n) is 3.79. The molecule has 0 heterocycles. The first-order valence-corrected chi connectivity index (χ1v) is 5.07. The van der Waals surface area contributed by atoms with Crippen molar-refractivity contribution in [1.29, 1.82) is 0 Å². The molecule has 90 valence electrons. The maximum atomic E-state index is 11.3. The van der Waals surface area contributed by atoms with Gasteiger partial charge in [-0.05, 0) is 19.3 Å². The van der Waals surface area contributed by atoms with Crippen LogP contribution < -0.4 is 16.4 Å². The zero-order valence-electron chi connectivity index (χ0n) is 8.73. The van der Waals surface area contributed by atoms with E-state index in [-0.39, 0.29) is 18.9 Å². The van der Waals surface area contributed by atoms with Gasteiger partial charge in [-0.3, -0.25) is 4.79 Å². The van der Waals surface area contributed by atoms with E-state index in [4.69, 9.17) is 10.8 Å². The number of hydrogen-bond acceptors (Lipinski definition) is 3. The smallest absolute Gasteiger partial charge is 0.326 e. The lowest BCUT2D eigenvalue weighted by molar-refractivity contribution is -0.139. The third-order valence-electron chi connectivity index (χ3n) is 2.20. The van der Waals surface area contributed by atoms with Gasteiger partial charge in [0.2, 0.25) is 5.91 Å². The van der Waals surface area contributed by atoms with Crippen LogP contribution >= 0.6 is 0 Å². The quantitative estimate of drug-likeness (QED) is 0.474. The average Bonchev–Trinajstić information content (AvgIpc) is 2.95. The Kier molecular flexibility index (Phi) is 4.10. The minimum Gasteiger partial charge on any atom is -0.480 e. The average molecular weight is 229 g/mol. The molecule has 1 fully saturated rings. The number of primary amides is 1. The first-order valence-electron chi connectivity index (χ1n) is 5.07. The fourth-order valence-electron chi connectivity index (χ4n) is 1.16. The molecule has 0 radical (unpaired) electrons. The molecule has 0 bridgehead atoms. The number of carboxylic acid groups (broad SMARTS) is 1. The summed E-state index contributed by atoms with van der Waals surface area (Å²) in [6, 6.07) is -1.43. The molecular weight excluding hydrogens is 214 g/mol. The van der Waals surface area contributed by atoms with Crippen LogP contribution in [0.25, 0.3) is 0 Å². The van der Waals surface area contributed by atoms with Crippen molar-refractivity contribution in [2.45, 2.75) is 37.8 Å². The van der Waals surface area contributed by atoms with E-state index in [1.807, 2.05) is 0 Å². The summed E-state index contributed by atoms with van der Waals surface area (Å²) < 4.78 is 0. The van der Waals surface area contributed by atoms with Crippen LogP contribution in [0.3, 0.4) is 0 Å². The summed E-state index contributed by atoms with van der Waals surface area (Å²) in [5, 5.41) is 13.7.